The van der Waals surface area contributed by atoms with Crippen molar-refractivity contribution in [3.63, 3.8) is 0 Å². The highest BCUT2D eigenvalue weighted by atomic mass is 16.5. The molecule has 10 heteroatoms. The Morgan fingerprint density at radius 3 is 2.55 bits per heavy atom. The van der Waals surface area contributed by atoms with Crippen LogP contribution in [0.15, 0.2) is 41.2 Å². The monoisotopic (exact) mass is 423 g/mol. The predicted octanol–water partition coefficient (Wildman–Crippen LogP) is 0.884. The molecule has 3 heterocycles. The van der Waals surface area contributed by atoms with E-state index in [4.69, 9.17) is 4.74 Å². The van der Waals surface area contributed by atoms with Gasteiger partial charge in [-0.15, -0.1) is 0 Å². The van der Waals surface area contributed by atoms with E-state index in [0.29, 0.717) is 0 Å². The molecule has 0 spiro atoms. The Bertz CT molecular complexity index is 1270. The maximum absolute atomic E-state index is 13.2. The van der Waals surface area contributed by atoms with Crippen molar-refractivity contribution in [1.29, 1.82) is 0 Å². The molecule has 0 fully saturated rings. The van der Waals surface area contributed by atoms with Crippen LogP contribution in [0.1, 0.15) is 23.0 Å². The van der Waals surface area contributed by atoms with E-state index < -0.39 is 17.6 Å². The van der Waals surface area contributed by atoms with Crippen molar-refractivity contribution >= 4 is 23.4 Å². The van der Waals surface area contributed by atoms with Gasteiger partial charge in [-0.2, -0.15) is 4.98 Å². The molecule has 1 atom stereocenters. The number of hydrogen-bond donors (Lipinski definition) is 1. The van der Waals surface area contributed by atoms with Gasteiger partial charge in [0.25, 0.3) is 5.91 Å². The van der Waals surface area contributed by atoms with Gasteiger partial charge >= 0.3 is 5.56 Å². The van der Waals surface area contributed by atoms with Crippen molar-refractivity contribution < 1.29 is 19.4 Å². The number of anilines is 1. The molecular weight excluding hydrogens is 402 g/mol. The summed E-state index contributed by atoms with van der Waals surface area (Å²) in [7, 11) is 3.17. The number of benzene rings is 1. The van der Waals surface area contributed by atoms with Gasteiger partial charge in [-0.1, -0.05) is 30.3 Å². The smallest absolute Gasteiger partial charge is 0.306 e. The Kier molecular flexibility index (Phi) is 5.00. The molecular formula is C21H21N5O5. The van der Waals surface area contributed by atoms with Crippen LogP contribution >= 0.6 is 0 Å². The standard InChI is InChI=1S/C21H21N5O5/c1-4-31-16-19(29)25(12-13-8-6-5-7-9-13)21-22-17-15(26(21)20(16)30)18(28)24(3)14(10-11-27)23(17)2/h5-10,14,29H,4,12H2,1-3H3. The van der Waals surface area contributed by atoms with Gasteiger partial charge in [-0.3, -0.25) is 14.2 Å². The number of aromatic hydroxyl groups is 1. The second-order valence-electron chi connectivity index (χ2n) is 7.11. The van der Waals surface area contributed by atoms with Crippen molar-refractivity contribution in [1.82, 2.24) is 18.9 Å². The molecule has 31 heavy (non-hydrogen) atoms. The second-order valence-corrected chi connectivity index (χ2v) is 7.11. The molecule has 4 rings (SSSR count). The van der Waals surface area contributed by atoms with Crippen LogP contribution in [-0.2, 0) is 11.3 Å². The van der Waals surface area contributed by atoms with Crippen molar-refractivity contribution in [3.8, 4) is 11.6 Å². The minimum absolute atomic E-state index is 0.0308. The summed E-state index contributed by atoms with van der Waals surface area (Å²) in [6.07, 6.45) is 0.490. The number of ether oxygens (including phenoxy) is 1. The molecule has 0 radical (unpaired) electrons. The van der Waals surface area contributed by atoms with Gasteiger partial charge in [0.2, 0.25) is 17.4 Å². The third kappa shape index (κ3) is 3.04. The summed E-state index contributed by atoms with van der Waals surface area (Å²) in [6, 6.07) is 9.32. The van der Waals surface area contributed by atoms with Gasteiger partial charge in [0, 0.05) is 20.2 Å². The van der Waals surface area contributed by atoms with E-state index in [1.54, 1.807) is 24.8 Å². The molecule has 0 saturated heterocycles. The molecule has 2 aromatic heterocycles. The molecule has 160 valence electrons. The lowest BCUT2D eigenvalue weighted by Crippen LogP contribution is -2.51. The summed E-state index contributed by atoms with van der Waals surface area (Å²) >= 11 is 0. The Morgan fingerprint density at radius 2 is 1.90 bits per heavy atom. The molecule has 1 aromatic carbocycles. The normalized spacial score (nSPS) is 15.7. The molecule has 0 bridgehead atoms. The van der Waals surface area contributed by atoms with Crippen LogP contribution in [0, 0.1) is 0 Å². The number of fused-ring (bicyclic) bond motifs is 3. The van der Waals surface area contributed by atoms with Gasteiger partial charge in [-0.25, -0.2) is 9.20 Å². The molecule has 1 aliphatic rings. The zero-order valence-electron chi connectivity index (χ0n) is 17.3. The number of imidazole rings is 1. The number of hydrogen-bond acceptors (Lipinski definition) is 7. The Balaban J connectivity index is 2.05. The number of carbonyl (C=O) groups is 1. The third-order valence-corrected chi connectivity index (χ3v) is 5.28. The van der Waals surface area contributed by atoms with Crippen LogP contribution in [0.4, 0.5) is 5.82 Å². The van der Waals surface area contributed by atoms with E-state index >= 15 is 0 Å². The zero-order valence-corrected chi connectivity index (χ0v) is 17.3. The summed E-state index contributed by atoms with van der Waals surface area (Å²) < 4.78 is 8.01. The Labute approximate surface area is 177 Å². The number of carbonyl (C=O) groups excluding carboxylic acids is 2. The lowest BCUT2D eigenvalue weighted by atomic mass is 10.2. The van der Waals surface area contributed by atoms with E-state index in [1.807, 2.05) is 30.3 Å². The summed E-state index contributed by atoms with van der Waals surface area (Å²) in [4.78, 5) is 44.7. The largest absolute Gasteiger partial charge is 0.492 e. The summed E-state index contributed by atoms with van der Waals surface area (Å²) in [5.74, 6) is 0.870. The van der Waals surface area contributed by atoms with Crippen molar-refractivity contribution in [2.45, 2.75) is 19.6 Å². The van der Waals surface area contributed by atoms with Gasteiger partial charge < -0.3 is 19.6 Å². The molecule has 0 aliphatic carbocycles. The number of amides is 1. The Hall–Kier alpha value is -4.04. The van der Waals surface area contributed by atoms with E-state index in [9.17, 15) is 19.5 Å². The van der Waals surface area contributed by atoms with Crippen LogP contribution in [0.25, 0.3) is 5.78 Å². The molecule has 1 aliphatic heterocycles. The number of rotatable bonds is 5. The average Bonchev–Trinajstić information content (AvgIpc) is 3.17. The first kappa shape index (κ1) is 20.2. The number of likely N-dealkylation sites (N-methyl/N-ethyl adjacent to an activating group) is 2. The third-order valence-electron chi connectivity index (χ3n) is 5.28. The first-order valence-corrected chi connectivity index (χ1v) is 9.66. The summed E-state index contributed by atoms with van der Waals surface area (Å²) in [5, 5.41) is 10.9. The maximum Gasteiger partial charge on any atom is 0.306 e. The lowest BCUT2D eigenvalue weighted by Gasteiger charge is -2.37. The fourth-order valence-corrected chi connectivity index (χ4v) is 3.76. The van der Waals surface area contributed by atoms with Crippen LogP contribution in [0.3, 0.4) is 0 Å². The molecule has 1 N–H and O–H groups in total. The van der Waals surface area contributed by atoms with E-state index in [-0.39, 0.29) is 42.1 Å². The summed E-state index contributed by atoms with van der Waals surface area (Å²) in [5.41, 5.74) is 0.195. The van der Waals surface area contributed by atoms with Crippen LogP contribution in [0.2, 0.25) is 0 Å². The van der Waals surface area contributed by atoms with Crippen LogP contribution in [0.5, 0.6) is 11.6 Å². The molecule has 10 nitrogen and oxygen atoms in total. The highest BCUT2D eigenvalue weighted by Gasteiger charge is 2.39. The van der Waals surface area contributed by atoms with Crippen LogP contribution in [-0.4, -0.2) is 62.7 Å². The van der Waals surface area contributed by atoms with Gasteiger partial charge in [-0.05, 0) is 12.5 Å². The average molecular weight is 423 g/mol. The second kappa shape index (κ2) is 7.66. The fourth-order valence-electron chi connectivity index (χ4n) is 3.76. The molecule has 0 saturated carbocycles. The highest BCUT2D eigenvalue weighted by Crippen LogP contribution is 2.32. The molecule has 1 amide bonds. The first-order valence-electron chi connectivity index (χ1n) is 9.66. The van der Waals surface area contributed by atoms with Gasteiger partial charge in [0.15, 0.2) is 11.5 Å². The fraction of sp³-hybridized carbons (Fsp3) is 0.286. The van der Waals surface area contributed by atoms with Crippen molar-refractivity contribution in [2.24, 2.45) is 0 Å². The minimum Gasteiger partial charge on any atom is -0.492 e. The molecule has 3 aromatic rings. The zero-order chi connectivity index (χ0) is 22.3. The van der Waals surface area contributed by atoms with Gasteiger partial charge in [0.05, 0.1) is 13.2 Å². The highest BCUT2D eigenvalue weighted by molar-refractivity contribution is 6.01. The van der Waals surface area contributed by atoms with Crippen LogP contribution < -0.4 is 15.2 Å². The quantitative estimate of drug-likeness (QED) is 0.607. The van der Waals surface area contributed by atoms with E-state index in [2.05, 4.69) is 4.98 Å². The lowest BCUT2D eigenvalue weighted by molar-refractivity contribution is 0.0737. The van der Waals surface area contributed by atoms with E-state index in [0.717, 1.165) is 9.96 Å². The SMILES string of the molecule is CCOc1c(O)n(Cc2ccccc2)c2nc3c(n2c1=O)C(=O)N(C)C(C=C=O)N3C. The minimum atomic E-state index is -0.708. The van der Waals surface area contributed by atoms with Crippen molar-refractivity contribution in [3.05, 3.63) is 58.0 Å². The predicted molar refractivity (Wildman–Crippen MR) is 112 cm³/mol. The topological polar surface area (TPSA) is 109 Å². The Morgan fingerprint density at radius 1 is 1.19 bits per heavy atom. The first-order chi connectivity index (χ1) is 14.9. The van der Waals surface area contributed by atoms with Gasteiger partial charge in [0.1, 0.15) is 12.1 Å². The number of nitrogens with zero attached hydrogens (tertiary/aromatic N) is 5. The summed E-state index contributed by atoms with van der Waals surface area (Å²) in [6.45, 7) is 2.03. The number of aromatic nitrogens is 3. The maximum atomic E-state index is 13.2. The van der Waals surface area contributed by atoms with Crippen molar-refractivity contribution in [2.75, 3.05) is 25.6 Å². The van der Waals surface area contributed by atoms with E-state index in [1.165, 1.54) is 22.6 Å². The molecule has 1 unspecified atom stereocenters.